The number of nitrogens with zero attached hydrogens (tertiary/aromatic N) is 13. The number of thiol groups is 1. The average Bonchev–Trinajstić information content (AvgIpc) is 4.09. The first-order valence-corrected chi connectivity index (χ1v) is 19.6. The number of thiophene rings is 1. The number of benzene rings is 1. The number of hydrogen-bond donors (Lipinski definition) is 2. The van der Waals surface area contributed by atoms with E-state index in [2.05, 4.69) is 198 Å². The van der Waals surface area contributed by atoms with Gasteiger partial charge in [-0.05, 0) is 131 Å². The highest BCUT2D eigenvalue weighted by atomic mass is 32.1. The first kappa shape index (κ1) is 48.9. The van der Waals surface area contributed by atoms with Crippen molar-refractivity contribution < 1.29 is 26.9 Å². The molecule has 0 radical (unpaired) electrons. The van der Waals surface area contributed by atoms with Crippen molar-refractivity contribution in [3.63, 3.8) is 0 Å². The van der Waals surface area contributed by atoms with E-state index < -0.39 is 0 Å². The fourth-order valence-corrected chi connectivity index (χ4v) is 6.70. The summed E-state index contributed by atoms with van der Waals surface area (Å²) in [4.78, 5) is 26.9. The molecule has 0 unspecified atom stereocenters. The first-order valence-electron chi connectivity index (χ1n) is 18.4. The van der Waals surface area contributed by atoms with E-state index in [4.69, 9.17) is 11.2 Å². The van der Waals surface area contributed by atoms with Gasteiger partial charge in [0.15, 0.2) is 5.65 Å². The van der Waals surface area contributed by atoms with Gasteiger partial charge in [-0.15, -0.1) is 17.8 Å². The number of rotatable bonds is 8. The van der Waals surface area contributed by atoms with Crippen LogP contribution in [-0.2, 0) is 37.4 Å². The largest absolute Gasteiger partial charge is 0.497 e. The number of terminal acetylenes is 1. The summed E-state index contributed by atoms with van der Waals surface area (Å²) in [7, 11) is 3.67. The molecule has 5 aromatic rings. The molecule has 1 aliphatic rings. The van der Waals surface area contributed by atoms with E-state index in [0.29, 0.717) is 12.2 Å². The smallest absolute Gasteiger partial charge is 0.352 e. The van der Waals surface area contributed by atoms with Gasteiger partial charge in [-0.25, -0.2) is 14.8 Å². The lowest BCUT2D eigenvalue weighted by molar-refractivity contribution is -0.744. The molecule has 0 bridgehead atoms. The summed E-state index contributed by atoms with van der Waals surface area (Å²) in [5, 5.41) is 28.8. The molecule has 0 atom stereocenters. The molecule has 5 heterocycles. The normalized spacial score (nSPS) is 10.4. The Balaban J connectivity index is -0.000000253. The van der Waals surface area contributed by atoms with Crippen molar-refractivity contribution in [2.24, 2.45) is 39.0 Å². The molecule has 0 amide bonds. The van der Waals surface area contributed by atoms with E-state index in [-0.39, 0.29) is 23.6 Å². The van der Waals surface area contributed by atoms with Crippen LogP contribution in [0.4, 0.5) is 0 Å². The molecule has 0 fully saturated rings. The Morgan fingerprint density at radius 2 is 1.50 bits per heavy atom. The van der Waals surface area contributed by atoms with Crippen LogP contribution >= 0.6 is 24.2 Å². The van der Waals surface area contributed by atoms with E-state index in [1.807, 2.05) is 48.3 Å². The maximum absolute atomic E-state index is 13.3. The van der Waals surface area contributed by atoms with Crippen LogP contribution in [0.15, 0.2) is 73.9 Å². The minimum Gasteiger partial charge on any atom is -0.497 e. The zero-order valence-electron chi connectivity index (χ0n) is 35.0. The van der Waals surface area contributed by atoms with Crippen LogP contribution in [0.25, 0.3) is 15.9 Å². The van der Waals surface area contributed by atoms with Gasteiger partial charge in [-0.2, -0.15) is 9.61 Å². The van der Waals surface area contributed by atoms with E-state index in [1.54, 1.807) is 25.4 Å². The van der Waals surface area contributed by atoms with Gasteiger partial charge in [-0.3, -0.25) is 9.47 Å². The molecule has 0 aliphatic carbocycles. The number of nitrogens with two attached hydrogens (primary N) is 1. The number of aryl methyl sites for hydroxylation is 1. The minimum absolute atomic E-state index is 0. The Kier molecular flexibility index (Phi) is 20.7. The van der Waals surface area contributed by atoms with Gasteiger partial charge in [0, 0.05) is 79.2 Å². The van der Waals surface area contributed by atoms with Gasteiger partial charge in [-0.1, -0.05) is 36.2 Å². The van der Waals surface area contributed by atoms with Crippen molar-refractivity contribution in [1.29, 1.82) is 0 Å². The van der Waals surface area contributed by atoms with E-state index >= 15 is 0 Å². The van der Waals surface area contributed by atoms with E-state index in [1.165, 1.54) is 21.3 Å². The number of aromatic nitrogens is 6. The third kappa shape index (κ3) is 15.6. The highest BCUT2D eigenvalue weighted by Gasteiger charge is 2.26. The van der Waals surface area contributed by atoms with Gasteiger partial charge in [0.1, 0.15) is 28.0 Å². The van der Waals surface area contributed by atoms with Gasteiger partial charge >= 0.3 is 5.69 Å². The number of methoxy groups -OCH3 is 1. The van der Waals surface area contributed by atoms with E-state index in [9.17, 15) is 10.0 Å². The lowest BCUT2D eigenvalue weighted by atomic mass is 10.1. The molecule has 0 saturated heterocycles. The number of fused-ring (bicyclic) bond motifs is 5. The summed E-state index contributed by atoms with van der Waals surface area (Å²) in [5.41, 5.74) is 2.79. The maximum Gasteiger partial charge on any atom is 0.352 e. The molecule has 1 aromatic carbocycles. The van der Waals surface area contributed by atoms with Crippen LogP contribution in [0.3, 0.4) is 0 Å². The molecule has 1 aliphatic heterocycles. The predicted octanol–water partition coefficient (Wildman–Crippen LogP) is 5.68. The second-order valence-electron chi connectivity index (χ2n) is 11.9. The lowest BCUT2D eigenvalue weighted by Crippen LogP contribution is -2.30. The van der Waals surface area contributed by atoms with Crippen molar-refractivity contribution in [3.8, 4) is 137 Å². The molecule has 0 spiro atoms. The molecule has 18 nitrogen and oxygen atoms in total. The highest BCUT2D eigenvalue weighted by molar-refractivity contribution is 7.74. The van der Waals surface area contributed by atoms with Crippen LogP contribution in [0, 0.1) is 136 Å². The average molecular weight is 925 g/mol. The molecule has 66 heavy (non-hydrogen) atoms. The van der Waals surface area contributed by atoms with Crippen molar-refractivity contribution in [1.82, 2.24) is 33.6 Å². The fraction of sp³-hybridized carbons (Fsp3) is 0.174. The Hall–Kier alpha value is -9.79. The van der Waals surface area contributed by atoms with Crippen molar-refractivity contribution in [2.75, 3.05) is 13.7 Å². The Morgan fingerprint density at radius 1 is 0.894 bits per heavy atom. The molecular formula is C46H48N14O4S2. The topological polar surface area (TPSA) is 206 Å². The fourth-order valence-electron chi connectivity index (χ4n) is 5.29. The standard InChI is InChI=1S/C23H23N7O2S.C23H4.H3N7O2S.9H2/c1-27-10-8-24-19(27)13-28-9-7-17-18(12-28)33-22-20(17)21-25-14-26-30(21)23(31)29(22)11-15-3-5-16(32-2)6-4-15;1-3-5-7-9-11-13-15-17-19-21-23-22-20-18-16-14-12-10-8-6-4-2;1-2-3-4-5-6-7(8)9-10;;;;;;;;;/h3-6,8,10,14H,7,9,11-13H2,1-2H3;1H,2H3;10H,(H2,1,3,5);9*1H. The molecule has 4 aromatic heterocycles. The van der Waals surface area contributed by atoms with Gasteiger partial charge < -0.3 is 24.6 Å². The maximum atomic E-state index is 13.3. The van der Waals surface area contributed by atoms with Crippen molar-refractivity contribution >= 4 is 40.1 Å². The zero-order chi connectivity index (χ0) is 47.2. The Labute approximate surface area is 402 Å². The summed E-state index contributed by atoms with van der Waals surface area (Å²) >= 11 is 4.77. The van der Waals surface area contributed by atoms with Crippen LogP contribution in [0.2, 0.25) is 0 Å². The number of imidazole rings is 1. The summed E-state index contributed by atoms with van der Waals surface area (Å²) in [5.74, 6) is 58.2. The van der Waals surface area contributed by atoms with Crippen LogP contribution in [0.5, 0.6) is 5.75 Å². The summed E-state index contributed by atoms with van der Waals surface area (Å²) in [6.07, 6.45) is 11.1. The van der Waals surface area contributed by atoms with Gasteiger partial charge in [0.2, 0.25) is 10.4 Å². The minimum atomic E-state index is -0.293. The van der Waals surface area contributed by atoms with Crippen LogP contribution < -0.4 is 16.3 Å². The third-order valence-corrected chi connectivity index (χ3v) is 9.35. The second-order valence-corrected chi connectivity index (χ2v) is 13.1. The molecule has 2 N–H and O–H groups in total. The Morgan fingerprint density at radius 3 is 2.03 bits per heavy atom. The van der Waals surface area contributed by atoms with Crippen molar-refractivity contribution in [3.05, 3.63) is 80.5 Å². The molecule has 20 heteroatoms. The molecule has 6 rings (SSSR count). The molecular weight excluding hydrogens is 877 g/mol. The summed E-state index contributed by atoms with van der Waals surface area (Å²) < 4.78 is 14.3. The van der Waals surface area contributed by atoms with Gasteiger partial charge in [0.25, 0.3) is 0 Å². The van der Waals surface area contributed by atoms with Crippen molar-refractivity contribution in [2.45, 2.75) is 33.0 Å². The summed E-state index contributed by atoms with van der Waals surface area (Å²) in [6.45, 7) is 4.73. The highest BCUT2D eigenvalue weighted by Crippen LogP contribution is 2.37. The number of hydrogen-bond acceptors (Lipinski definition) is 11. The van der Waals surface area contributed by atoms with Gasteiger partial charge in [0.05, 0.1) is 30.6 Å². The van der Waals surface area contributed by atoms with E-state index in [0.717, 1.165) is 53.4 Å². The quantitative estimate of drug-likeness (QED) is 0.0490. The van der Waals surface area contributed by atoms with Crippen LogP contribution in [0.1, 0.15) is 41.6 Å². The SMILES string of the molecule is C#CC#CC#CC#CC#CC#CC#CC#CC#CC#CC#CC.COc1ccc(Cn2c(=O)n3ncnc3c3c4c(sc32)CN(Cc2nccn2C)CC4)cc1.NN=NN=NN=[N+]([O-])OS.[HH].[HH].[HH].[HH].[HH].[HH].[HH].[HH].[HH]. The first-order chi connectivity index (χ1) is 32.3. The zero-order valence-corrected chi connectivity index (χ0v) is 36.7. The summed E-state index contributed by atoms with van der Waals surface area (Å²) in [6, 6.07) is 7.82. The molecule has 338 valence electrons. The third-order valence-electron chi connectivity index (χ3n) is 7.97. The number of ether oxygens (including phenoxy) is 1. The lowest BCUT2D eigenvalue weighted by Gasteiger charge is -2.26. The Bertz CT molecular complexity index is 3480. The molecule has 0 saturated carbocycles. The predicted molar refractivity (Wildman–Crippen MR) is 267 cm³/mol. The van der Waals surface area contributed by atoms with Crippen LogP contribution in [-0.4, -0.2) is 52.3 Å². The monoisotopic (exact) mass is 924 g/mol. The second kappa shape index (κ2) is 27.9.